The lowest BCUT2D eigenvalue weighted by Crippen LogP contribution is -2.32. The van der Waals surface area contributed by atoms with Gasteiger partial charge < -0.3 is 19.5 Å². The summed E-state index contributed by atoms with van der Waals surface area (Å²) in [7, 11) is 0. The summed E-state index contributed by atoms with van der Waals surface area (Å²) >= 11 is 3.35. The Morgan fingerprint density at radius 3 is 2.41 bits per heavy atom. The van der Waals surface area contributed by atoms with Crippen LogP contribution in [-0.4, -0.2) is 35.7 Å². The van der Waals surface area contributed by atoms with Gasteiger partial charge in [0.1, 0.15) is 11.4 Å². The lowest BCUT2D eigenvalue weighted by Gasteiger charge is -2.10. The Kier molecular flexibility index (Phi) is 9.06. The Morgan fingerprint density at radius 1 is 0.909 bits per heavy atom. The maximum atomic E-state index is 13.2. The van der Waals surface area contributed by atoms with Crippen molar-refractivity contribution in [2.45, 2.75) is 0 Å². The first-order chi connectivity index (χ1) is 21.3. The molecule has 2 amide bonds. The fourth-order valence-electron chi connectivity index (χ4n) is 3.92. The largest absolute Gasteiger partial charge is 0.454 e. The predicted octanol–water partition coefficient (Wildman–Crippen LogP) is 5.23. The van der Waals surface area contributed by atoms with E-state index in [9.17, 15) is 24.5 Å². The van der Waals surface area contributed by atoms with Crippen LogP contribution in [0.1, 0.15) is 31.8 Å². The van der Waals surface area contributed by atoms with Crippen LogP contribution in [0.5, 0.6) is 17.2 Å². The van der Waals surface area contributed by atoms with E-state index in [1.165, 1.54) is 42.6 Å². The number of nitrogens with zero attached hydrogens (tertiary/aromatic N) is 2. The molecule has 1 aliphatic heterocycles. The van der Waals surface area contributed by atoms with Gasteiger partial charge >= 0.3 is 5.97 Å². The van der Waals surface area contributed by atoms with E-state index >= 15 is 0 Å². The first-order valence-corrected chi connectivity index (χ1v) is 13.6. The van der Waals surface area contributed by atoms with E-state index in [4.69, 9.17) is 14.2 Å². The lowest BCUT2D eigenvalue weighted by atomic mass is 10.1. The van der Waals surface area contributed by atoms with Gasteiger partial charge in [-0.3, -0.25) is 19.7 Å². The molecular formula is C31H21BrN4O8. The number of esters is 1. The van der Waals surface area contributed by atoms with Gasteiger partial charge in [-0.05, 0) is 66.2 Å². The molecule has 4 aromatic carbocycles. The lowest BCUT2D eigenvalue weighted by molar-refractivity contribution is -0.384. The zero-order valence-electron chi connectivity index (χ0n) is 22.6. The van der Waals surface area contributed by atoms with Crippen molar-refractivity contribution >= 4 is 51.7 Å². The second-order valence-corrected chi connectivity index (χ2v) is 9.98. The van der Waals surface area contributed by atoms with Crippen LogP contribution in [0.25, 0.3) is 6.08 Å². The molecule has 1 heterocycles. The van der Waals surface area contributed by atoms with E-state index < -0.39 is 22.7 Å². The number of halogens is 1. The van der Waals surface area contributed by atoms with Gasteiger partial charge in [0, 0.05) is 27.7 Å². The first-order valence-electron chi connectivity index (χ1n) is 12.8. The number of hydrogen-bond acceptors (Lipinski definition) is 9. The molecule has 0 spiro atoms. The summed E-state index contributed by atoms with van der Waals surface area (Å²) < 4.78 is 16.9. The first kappa shape index (κ1) is 29.7. The quantitative estimate of drug-likeness (QED) is 0.0619. The van der Waals surface area contributed by atoms with E-state index in [1.54, 1.807) is 60.7 Å². The zero-order chi connectivity index (χ0) is 31.1. The molecule has 13 heteroatoms. The Balaban J connectivity index is 1.34. The Hall–Kier alpha value is -5.82. The van der Waals surface area contributed by atoms with Crippen LogP contribution < -0.4 is 25.0 Å². The molecule has 220 valence electrons. The number of nitro benzene ring substituents is 1. The smallest absolute Gasteiger partial charge is 0.343 e. The minimum absolute atomic E-state index is 0.0794. The normalized spacial score (nSPS) is 12.1. The summed E-state index contributed by atoms with van der Waals surface area (Å²) in [6.45, 7) is 0.0794. The molecule has 4 aromatic rings. The Labute approximate surface area is 258 Å². The Morgan fingerprint density at radius 2 is 1.66 bits per heavy atom. The highest BCUT2D eigenvalue weighted by molar-refractivity contribution is 9.10. The summed E-state index contributed by atoms with van der Waals surface area (Å²) in [4.78, 5) is 49.1. The highest BCUT2D eigenvalue weighted by atomic mass is 79.9. The van der Waals surface area contributed by atoms with Gasteiger partial charge in [0.25, 0.3) is 17.5 Å². The maximum Gasteiger partial charge on any atom is 0.343 e. The van der Waals surface area contributed by atoms with Gasteiger partial charge in [-0.1, -0.05) is 40.2 Å². The third-order valence-corrected chi connectivity index (χ3v) is 6.59. The van der Waals surface area contributed by atoms with Crippen molar-refractivity contribution in [2.24, 2.45) is 5.10 Å². The molecule has 1 aliphatic rings. The number of hydrazone groups is 1. The topological polar surface area (TPSA) is 158 Å². The van der Waals surface area contributed by atoms with Gasteiger partial charge in [0.15, 0.2) is 11.5 Å². The molecule has 0 aromatic heterocycles. The average molecular weight is 657 g/mol. The molecule has 0 fully saturated rings. The van der Waals surface area contributed by atoms with Crippen LogP contribution in [0.15, 0.2) is 106 Å². The predicted molar refractivity (Wildman–Crippen MR) is 162 cm³/mol. The number of benzene rings is 4. The zero-order valence-corrected chi connectivity index (χ0v) is 24.1. The summed E-state index contributed by atoms with van der Waals surface area (Å²) in [6, 6.07) is 23.2. The third-order valence-electron chi connectivity index (χ3n) is 6.09. The van der Waals surface area contributed by atoms with Gasteiger partial charge in [0.2, 0.25) is 6.79 Å². The van der Waals surface area contributed by atoms with Crippen LogP contribution in [0, 0.1) is 10.1 Å². The number of non-ortho nitro benzene ring substituents is 1. The van der Waals surface area contributed by atoms with Crippen LogP contribution in [0.3, 0.4) is 0 Å². The molecule has 44 heavy (non-hydrogen) atoms. The number of carbonyl (C=O) groups is 3. The van der Waals surface area contributed by atoms with E-state index in [2.05, 4.69) is 31.8 Å². The summed E-state index contributed by atoms with van der Waals surface area (Å²) in [6.07, 6.45) is 2.72. The molecule has 0 radical (unpaired) electrons. The van der Waals surface area contributed by atoms with E-state index in [1.807, 2.05) is 0 Å². The summed E-state index contributed by atoms with van der Waals surface area (Å²) in [5, 5.41) is 17.5. The molecular weight excluding hydrogens is 636 g/mol. The van der Waals surface area contributed by atoms with Crippen LogP contribution in [-0.2, 0) is 4.79 Å². The fourth-order valence-corrected chi connectivity index (χ4v) is 4.30. The average Bonchev–Trinajstić information content (AvgIpc) is 3.50. The minimum Gasteiger partial charge on any atom is -0.454 e. The van der Waals surface area contributed by atoms with E-state index in [-0.39, 0.29) is 29.5 Å². The van der Waals surface area contributed by atoms with Crippen LogP contribution in [0.4, 0.5) is 5.69 Å². The maximum absolute atomic E-state index is 13.2. The van der Waals surface area contributed by atoms with Crippen LogP contribution >= 0.6 is 15.9 Å². The number of hydrogen-bond donors (Lipinski definition) is 2. The van der Waals surface area contributed by atoms with Gasteiger partial charge in [-0.25, -0.2) is 10.2 Å². The summed E-state index contributed by atoms with van der Waals surface area (Å²) in [5.41, 5.74) is 3.44. The molecule has 0 saturated carbocycles. The number of amides is 2. The monoisotopic (exact) mass is 656 g/mol. The van der Waals surface area contributed by atoms with Crippen LogP contribution in [0.2, 0.25) is 0 Å². The Bertz CT molecular complexity index is 1810. The molecule has 12 nitrogen and oxygen atoms in total. The number of nitrogens with one attached hydrogen (secondary N) is 2. The molecule has 0 aliphatic carbocycles. The number of ether oxygens (including phenoxy) is 3. The van der Waals surface area contributed by atoms with Crippen molar-refractivity contribution in [2.75, 3.05) is 6.79 Å². The standard InChI is InChI=1S/C31H21BrN4O8/c32-23-9-13-26(44-31(39)21-7-10-24(11-8-21)36(40)41)22(16-23)17-33-35-30(38)25(34-29(37)20-4-2-1-3-5-20)14-19-6-12-27-28(15-19)43-18-42-27/h1-17H,18H2,(H,34,37)(H,35,38)/b25-14-,33-17+. The molecule has 0 saturated heterocycles. The summed E-state index contributed by atoms with van der Waals surface area (Å²) in [5.74, 6) is -0.824. The van der Waals surface area contributed by atoms with Crippen molar-refractivity contribution < 1.29 is 33.5 Å². The van der Waals surface area contributed by atoms with Gasteiger partial charge in [-0.2, -0.15) is 5.10 Å². The highest BCUT2D eigenvalue weighted by Crippen LogP contribution is 2.33. The van der Waals surface area contributed by atoms with E-state index in [0.29, 0.717) is 32.7 Å². The van der Waals surface area contributed by atoms with Gasteiger partial charge in [-0.15, -0.1) is 0 Å². The molecule has 0 atom stereocenters. The van der Waals surface area contributed by atoms with Crippen molar-refractivity contribution in [3.63, 3.8) is 0 Å². The van der Waals surface area contributed by atoms with Crippen molar-refractivity contribution in [1.29, 1.82) is 0 Å². The number of nitro groups is 1. The minimum atomic E-state index is -0.751. The van der Waals surface area contributed by atoms with E-state index in [0.717, 1.165) is 0 Å². The van der Waals surface area contributed by atoms with Crippen molar-refractivity contribution in [1.82, 2.24) is 10.7 Å². The highest BCUT2D eigenvalue weighted by Gasteiger charge is 2.18. The van der Waals surface area contributed by atoms with Gasteiger partial charge in [0.05, 0.1) is 16.7 Å². The molecule has 0 unspecified atom stereocenters. The SMILES string of the molecule is O=C(N/N=C/c1cc(Br)ccc1OC(=O)c1ccc([N+](=O)[O-])cc1)/C(=C/c1ccc2c(c1)OCO2)NC(=O)c1ccccc1. The third kappa shape index (κ3) is 7.33. The van der Waals surface area contributed by atoms with Crippen molar-refractivity contribution in [3.05, 3.63) is 134 Å². The molecule has 5 rings (SSSR count). The second kappa shape index (κ2) is 13.4. The number of fused-ring (bicyclic) bond motifs is 1. The van der Waals surface area contributed by atoms with Crippen molar-refractivity contribution in [3.8, 4) is 17.2 Å². The number of rotatable bonds is 9. The molecule has 2 N–H and O–H groups in total. The molecule has 0 bridgehead atoms. The number of carbonyl (C=O) groups excluding carboxylic acids is 3. The second-order valence-electron chi connectivity index (χ2n) is 9.07. The fraction of sp³-hybridized carbons (Fsp3) is 0.0323.